The van der Waals surface area contributed by atoms with Gasteiger partial charge in [0.15, 0.2) is 0 Å². The molecule has 0 bridgehead atoms. The van der Waals surface area contributed by atoms with Crippen LogP contribution in [0.3, 0.4) is 0 Å². The minimum atomic E-state index is -0.107. The normalized spacial score (nSPS) is 17.3. The number of carbonyl (C=O) groups is 2. The zero-order chi connectivity index (χ0) is 15.9. The third-order valence-corrected chi connectivity index (χ3v) is 3.84. The zero-order valence-electron chi connectivity index (χ0n) is 13.3. The van der Waals surface area contributed by atoms with Gasteiger partial charge in [0.2, 0.25) is 5.91 Å². The van der Waals surface area contributed by atoms with Crippen molar-refractivity contribution < 1.29 is 14.3 Å². The van der Waals surface area contributed by atoms with Gasteiger partial charge < -0.3 is 15.0 Å². The molecule has 1 aliphatic rings. The second-order valence-corrected chi connectivity index (χ2v) is 5.73. The largest absolute Gasteiger partial charge is 0.376 e. The standard InChI is InChI=1S/C17H24N2O3/c1-13-5-3-6-15(11-13)17(21)18-8-9-19(14(2)20)12-16-7-4-10-22-16/h3,5-6,11,16H,4,7-10,12H2,1-2H3,(H,18,21). The topological polar surface area (TPSA) is 58.6 Å². The number of benzene rings is 1. The molecule has 1 atom stereocenters. The van der Waals surface area contributed by atoms with Crippen LogP contribution in [0.2, 0.25) is 0 Å². The molecule has 0 radical (unpaired) electrons. The van der Waals surface area contributed by atoms with Crippen LogP contribution >= 0.6 is 0 Å². The van der Waals surface area contributed by atoms with Crippen molar-refractivity contribution >= 4 is 11.8 Å². The molecule has 0 aromatic heterocycles. The summed E-state index contributed by atoms with van der Waals surface area (Å²) in [7, 11) is 0. The van der Waals surface area contributed by atoms with Crippen molar-refractivity contribution in [3.8, 4) is 0 Å². The van der Waals surface area contributed by atoms with E-state index >= 15 is 0 Å². The Balaban J connectivity index is 1.79. The molecule has 1 fully saturated rings. The Bertz CT molecular complexity index is 524. The SMILES string of the molecule is CC(=O)N(CCNC(=O)c1cccc(C)c1)CC1CCCO1. The number of hydrogen-bond acceptors (Lipinski definition) is 3. The first-order chi connectivity index (χ1) is 10.6. The molecule has 0 saturated carbocycles. The third kappa shape index (κ3) is 4.84. The van der Waals surface area contributed by atoms with Gasteiger partial charge in [0.25, 0.3) is 5.91 Å². The maximum Gasteiger partial charge on any atom is 0.251 e. The second-order valence-electron chi connectivity index (χ2n) is 5.73. The smallest absolute Gasteiger partial charge is 0.251 e. The minimum absolute atomic E-state index is 0.0142. The maximum atomic E-state index is 12.1. The highest BCUT2D eigenvalue weighted by molar-refractivity contribution is 5.94. The zero-order valence-corrected chi connectivity index (χ0v) is 13.3. The van der Waals surface area contributed by atoms with Crippen molar-refractivity contribution in [2.45, 2.75) is 32.8 Å². The Morgan fingerprint density at radius 1 is 1.41 bits per heavy atom. The van der Waals surface area contributed by atoms with E-state index in [4.69, 9.17) is 4.74 Å². The van der Waals surface area contributed by atoms with Crippen molar-refractivity contribution in [2.24, 2.45) is 0 Å². The van der Waals surface area contributed by atoms with Gasteiger partial charge in [0.05, 0.1) is 6.10 Å². The molecule has 1 saturated heterocycles. The van der Waals surface area contributed by atoms with Crippen molar-refractivity contribution in [1.82, 2.24) is 10.2 Å². The minimum Gasteiger partial charge on any atom is -0.376 e. The van der Waals surface area contributed by atoms with E-state index < -0.39 is 0 Å². The van der Waals surface area contributed by atoms with Crippen LogP contribution in [0.5, 0.6) is 0 Å². The molecule has 2 rings (SSSR count). The van der Waals surface area contributed by atoms with Crippen molar-refractivity contribution in [3.05, 3.63) is 35.4 Å². The molecule has 120 valence electrons. The first-order valence-electron chi connectivity index (χ1n) is 7.78. The molecule has 2 amide bonds. The Labute approximate surface area is 131 Å². The highest BCUT2D eigenvalue weighted by Crippen LogP contribution is 2.13. The van der Waals surface area contributed by atoms with Crippen LogP contribution in [0.4, 0.5) is 0 Å². The van der Waals surface area contributed by atoms with Crippen molar-refractivity contribution in [1.29, 1.82) is 0 Å². The summed E-state index contributed by atoms with van der Waals surface area (Å²) in [6.45, 7) is 5.84. The molecule has 5 nitrogen and oxygen atoms in total. The van der Waals surface area contributed by atoms with E-state index in [2.05, 4.69) is 5.32 Å². The monoisotopic (exact) mass is 304 g/mol. The Kier molecular flexibility index (Phi) is 5.95. The highest BCUT2D eigenvalue weighted by atomic mass is 16.5. The number of hydrogen-bond donors (Lipinski definition) is 1. The second kappa shape index (κ2) is 7.94. The average molecular weight is 304 g/mol. The molecule has 5 heteroatoms. The number of ether oxygens (including phenoxy) is 1. The molecule has 1 aromatic carbocycles. The fourth-order valence-corrected chi connectivity index (χ4v) is 2.60. The van der Waals surface area contributed by atoms with E-state index in [1.165, 1.54) is 0 Å². The van der Waals surface area contributed by atoms with Gasteiger partial charge in [-0.05, 0) is 31.9 Å². The van der Waals surface area contributed by atoms with E-state index in [-0.39, 0.29) is 17.9 Å². The van der Waals surface area contributed by atoms with Crippen LogP contribution in [-0.4, -0.2) is 49.1 Å². The number of rotatable bonds is 6. The molecule has 22 heavy (non-hydrogen) atoms. The van der Waals surface area contributed by atoms with Gasteiger partial charge in [0.1, 0.15) is 0 Å². The molecular formula is C17H24N2O3. The van der Waals surface area contributed by atoms with Gasteiger partial charge in [-0.15, -0.1) is 0 Å². The van der Waals surface area contributed by atoms with Gasteiger partial charge >= 0.3 is 0 Å². The summed E-state index contributed by atoms with van der Waals surface area (Å²) in [6.07, 6.45) is 2.19. The lowest BCUT2D eigenvalue weighted by Gasteiger charge is -2.24. The number of amides is 2. The van der Waals surface area contributed by atoms with E-state index in [0.717, 1.165) is 25.0 Å². The van der Waals surface area contributed by atoms with Gasteiger partial charge in [-0.2, -0.15) is 0 Å². The summed E-state index contributed by atoms with van der Waals surface area (Å²) in [5.74, 6) is -0.0929. The lowest BCUT2D eigenvalue weighted by molar-refractivity contribution is -0.130. The first kappa shape index (κ1) is 16.5. The Morgan fingerprint density at radius 3 is 2.86 bits per heavy atom. The fraction of sp³-hybridized carbons (Fsp3) is 0.529. The Morgan fingerprint density at radius 2 is 2.23 bits per heavy atom. The molecule has 0 aliphatic carbocycles. The molecule has 1 heterocycles. The molecule has 0 spiro atoms. The van der Waals surface area contributed by atoms with E-state index in [0.29, 0.717) is 25.2 Å². The predicted molar refractivity (Wildman–Crippen MR) is 84.7 cm³/mol. The van der Waals surface area contributed by atoms with Crippen molar-refractivity contribution in [3.63, 3.8) is 0 Å². The quantitative estimate of drug-likeness (QED) is 0.871. The molecule has 1 aliphatic heterocycles. The number of nitrogens with one attached hydrogen (secondary N) is 1. The molecule has 1 unspecified atom stereocenters. The van der Waals surface area contributed by atoms with Gasteiger partial charge in [-0.3, -0.25) is 9.59 Å². The van der Waals surface area contributed by atoms with Crippen LogP contribution in [0, 0.1) is 6.92 Å². The third-order valence-electron chi connectivity index (χ3n) is 3.84. The van der Waals surface area contributed by atoms with E-state index in [9.17, 15) is 9.59 Å². The van der Waals surface area contributed by atoms with Gasteiger partial charge in [0, 0.05) is 38.7 Å². The van der Waals surface area contributed by atoms with Gasteiger partial charge in [-0.1, -0.05) is 17.7 Å². The van der Waals surface area contributed by atoms with Crippen molar-refractivity contribution in [2.75, 3.05) is 26.2 Å². The summed E-state index contributed by atoms with van der Waals surface area (Å²) in [6, 6.07) is 7.46. The summed E-state index contributed by atoms with van der Waals surface area (Å²) in [5, 5.41) is 2.86. The molecule has 1 aromatic rings. The Hall–Kier alpha value is -1.88. The van der Waals surface area contributed by atoms with Crippen LogP contribution < -0.4 is 5.32 Å². The lowest BCUT2D eigenvalue weighted by atomic mass is 10.1. The molecule has 1 N–H and O–H groups in total. The number of nitrogens with zero attached hydrogens (tertiary/aromatic N) is 1. The van der Waals surface area contributed by atoms with Gasteiger partial charge in [-0.25, -0.2) is 0 Å². The predicted octanol–water partition coefficient (Wildman–Crippen LogP) is 1.75. The van der Waals surface area contributed by atoms with Crippen LogP contribution in [0.25, 0.3) is 0 Å². The summed E-state index contributed by atoms with van der Waals surface area (Å²) in [5.41, 5.74) is 1.70. The maximum absolute atomic E-state index is 12.1. The van der Waals surface area contributed by atoms with E-state index in [1.807, 2.05) is 25.1 Å². The lowest BCUT2D eigenvalue weighted by Crippen LogP contribution is -2.41. The van der Waals surface area contributed by atoms with E-state index in [1.54, 1.807) is 17.9 Å². The number of carbonyl (C=O) groups excluding carboxylic acids is 2. The van der Waals surface area contributed by atoms with Crippen LogP contribution in [0.15, 0.2) is 24.3 Å². The number of aryl methyl sites for hydroxylation is 1. The molecular weight excluding hydrogens is 280 g/mol. The summed E-state index contributed by atoms with van der Waals surface area (Å²) < 4.78 is 5.56. The first-order valence-corrected chi connectivity index (χ1v) is 7.78. The summed E-state index contributed by atoms with van der Waals surface area (Å²) >= 11 is 0. The highest BCUT2D eigenvalue weighted by Gasteiger charge is 2.20. The van der Waals surface area contributed by atoms with Crippen LogP contribution in [0.1, 0.15) is 35.7 Å². The average Bonchev–Trinajstić information content (AvgIpc) is 2.99. The van der Waals surface area contributed by atoms with Crippen LogP contribution in [-0.2, 0) is 9.53 Å². The summed E-state index contributed by atoms with van der Waals surface area (Å²) in [4.78, 5) is 25.5. The fourth-order valence-electron chi connectivity index (χ4n) is 2.60.